The molecule has 1 saturated carbocycles. The number of rotatable bonds is 7. The first-order chi connectivity index (χ1) is 8.17. The zero-order valence-corrected chi connectivity index (χ0v) is 12.1. The average molecular weight is 260 g/mol. The second-order valence-corrected chi connectivity index (χ2v) is 7.98. The predicted octanol–water partition coefficient (Wildman–Crippen LogP) is 2.21. The van der Waals surface area contributed by atoms with Crippen LogP contribution in [-0.4, -0.2) is 41.8 Å². The van der Waals surface area contributed by atoms with Gasteiger partial charge in [0.1, 0.15) is 0 Å². The van der Waals surface area contributed by atoms with Crippen LogP contribution in [-0.2, 0) is 18.0 Å². The van der Waals surface area contributed by atoms with Crippen LogP contribution in [0.1, 0.15) is 32.1 Å². The Morgan fingerprint density at radius 1 is 1.18 bits per heavy atom. The molecule has 100 valence electrons. The summed E-state index contributed by atoms with van der Waals surface area (Å²) in [5.41, 5.74) is 0. The molecule has 0 bridgehead atoms. The summed E-state index contributed by atoms with van der Waals surface area (Å²) in [6.45, 7) is 2.67. The summed E-state index contributed by atoms with van der Waals surface area (Å²) in [5, 5.41) is 0. The van der Waals surface area contributed by atoms with Crippen molar-refractivity contribution in [3.8, 4) is 0 Å². The topological polar surface area (TPSA) is 40.2 Å². The molecule has 0 amide bonds. The van der Waals surface area contributed by atoms with Crippen molar-refractivity contribution < 1.29 is 18.0 Å². The average Bonchev–Trinajstić information content (AvgIpc) is 3.12. The Labute approximate surface area is 105 Å². The van der Waals surface area contributed by atoms with Crippen molar-refractivity contribution in [3.05, 3.63) is 0 Å². The summed E-state index contributed by atoms with van der Waals surface area (Å²) in [6.07, 6.45) is 7.38. The molecule has 2 aliphatic rings. The molecule has 1 aliphatic heterocycles. The molecule has 3 unspecified atom stereocenters. The third-order valence-corrected chi connectivity index (χ3v) is 6.19. The van der Waals surface area contributed by atoms with Gasteiger partial charge in [-0.3, -0.25) is 0 Å². The molecular weight excluding hydrogens is 236 g/mol. The summed E-state index contributed by atoms with van der Waals surface area (Å²) < 4.78 is 21.8. The summed E-state index contributed by atoms with van der Waals surface area (Å²) in [5.74, 6) is 0.834. The van der Waals surface area contributed by atoms with E-state index in [1.807, 2.05) is 6.55 Å². The van der Waals surface area contributed by atoms with Crippen LogP contribution in [0.4, 0.5) is 0 Å². The van der Waals surface area contributed by atoms with E-state index >= 15 is 0 Å². The molecule has 17 heavy (non-hydrogen) atoms. The minimum atomic E-state index is -2.31. The Kier molecular flexibility index (Phi) is 4.60. The highest BCUT2D eigenvalue weighted by Crippen LogP contribution is 2.40. The van der Waals surface area contributed by atoms with Crippen molar-refractivity contribution in [1.29, 1.82) is 0 Å². The van der Waals surface area contributed by atoms with E-state index in [2.05, 4.69) is 0 Å². The number of ether oxygens (including phenoxy) is 1. The van der Waals surface area contributed by atoms with Gasteiger partial charge in [-0.05, 0) is 38.0 Å². The van der Waals surface area contributed by atoms with Crippen molar-refractivity contribution in [3.63, 3.8) is 0 Å². The Bertz CT molecular complexity index is 245. The summed E-state index contributed by atoms with van der Waals surface area (Å²) >= 11 is 0. The first kappa shape index (κ1) is 13.5. The molecule has 2 fully saturated rings. The number of epoxide rings is 1. The van der Waals surface area contributed by atoms with Gasteiger partial charge in [-0.1, -0.05) is 0 Å². The molecular formula is C12H24O4Si. The molecule has 0 radical (unpaired) electrons. The molecule has 2 rings (SSSR count). The highest BCUT2D eigenvalue weighted by Gasteiger charge is 2.43. The van der Waals surface area contributed by atoms with E-state index in [1.165, 1.54) is 25.7 Å². The van der Waals surface area contributed by atoms with Gasteiger partial charge in [0.15, 0.2) is 0 Å². The molecule has 1 heterocycles. The fourth-order valence-electron chi connectivity index (χ4n) is 2.58. The van der Waals surface area contributed by atoms with Gasteiger partial charge in [0, 0.05) is 27.4 Å². The standard InChI is InChI=1S/C12H24O4Si/c1-13-17(3,14-2)15-8-4-5-10-6-7-11-12(9-10)16-11/h10-12H,4-9H2,1-3H3. The Hall–Kier alpha value is 0.0569. The maximum Gasteiger partial charge on any atom is 0.497 e. The van der Waals surface area contributed by atoms with Gasteiger partial charge in [-0.2, -0.15) is 0 Å². The highest BCUT2D eigenvalue weighted by atomic mass is 28.4. The maximum absolute atomic E-state index is 5.72. The number of hydrogen-bond donors (Lipinski definition) is 0. The Balaban J connectivity index is 1.56. The van der Waals surface area contributed by atoms with Crippen molar-refractivity contribution in [2.24, 2.45) is 5.92 Å². The second-order valence-electron chi connectivity index (χ2n) is 5.15. The number of fused-ring (bicyclic) bond motifs is 1. The van der Waals surface area contributed by atoms with E-state index < -0.39 is 8.80 Å². The van der Waals surface area contributed by atoms with Crippen LogP contribution >= 0.6 is 0 Å². The molecule has 1 saturated heterocycles. The Morgan fingerprint density at radius 2 is 1.94 bits per heavy atom. The van der Waals surface area contributed by atoms with Crippen molar-refractivity contribution in [1.82, 2.24) is 0 Å². The van der Waals surface area contributed by atoms with E-state index in [4.69, 9.17) is 18.0 Å². The molecule has 0 aromatic carbocycles. The van der Waals surface area contributed by atoms with Gasteiger partial charge in [-0.15, -0.1) is 0 Å². The molecule has 0 spiro atoms. The van der Waals surface area contributed by atoms with E-state index in [-0.39, 0.29) is 0 Å². The zero-order chi connectivity index (χ0) is 12.3. The minimum Gasteiger partial charge on any atom is -0.377 e. The van der Waals surface area contributed by atoms with Gasteiger partial charge in [0.25, 0.3) is 0 Å². The second kappa shape index (κ2) is 5.80. The maximum atomic E-state index is 5.72. The molecule has 0 aromatic rings. The SMILES string of the molecule is CO[Si](C)(OC)OCCCC1CCC2OC2C1. The van der Waals surface area contributed by atoms with E-state index in [0.29, 0.717) is 12.2 Å². The molecule has 5 heteroatoms. The predicted molar refractivity (Wildman–Crippen MR) is 66.8 cm³/mol. The lowest BCUT2D eigenvalue weighted by atomic mass is 9.86. The highest BCUT2D eigenvalue weighted by molar-refractivity contribution is 6.59. The molecule has 0 aromatic heterocycles. The summed E-state index contributed by atoms with van der Waals surface area (Å²) in [4.78, 5) is 0. The third kappa shape index (κ3) is 3.76. The van der Waals surface area contributed by atoms with Crippen LogP contribution in [0.15, 0.2) is 0 Å². The van der Waals surface area contributed by atoms with Gasteiger partial charge in [0.2, 0.25) is 0 Å². The Morgan fingerprint density at radius 3 is 2.59 bits per heavy atom. The number of hydrogen-bond acceptors (Lipinski definition) is 4. The normalized spacial score (nSPS) is 32.3. The molecule has 4 nitrogen and oxygen atoms in total. The van der Waals surface area contributed by atoms with Gasteiger partial charge in [0.05, 0.1) is 12.2 Å². The van der Waals surface area contributed by atoms with Crippen LogP contribution in [0.3, 0.4) is 0 Å². The molecule has 0 N–H and O–H groups in total. The van der Waals surface area contributed by atoms with Crippen LogP contribution in [0, 0.1) is 5.92 Å². The summed E-state index contributed by atoms with van der Waals surface area (Å²) in [6, 6.07) is 0. The molecule has 1 aliphatic carbocycles. The van der Waals surface area contributed by atoms with Gasteiger partial charge >= 0.3 is 8.80 Å². The fourth-order valence-corrected chi connectivity index (χ4v) is 3.50. The summed E-state index contributed by atoms with van der Waals surface area (Å²) in [7, 11) is 0.994. The first-order valence-corrected chi connectivity index (χ1v) is 8.79. The zero-order valence-electron chi connectivity index (χ0n) is 11.1. The quantitative estimate of drug-likeness (QED) is 0.400. The van der Waals surface area contributed by atoms with Crippen molar-refractivity contribution >= 4 is 8.80 Å². The minimum absolute atomic E-state index is 0.590. The lowest BCUT2D eigenvalue weighted by Crippen LogP contribution is -2.40. The molecule has 3 atom stereocenters. The largest absolute Gasteiger partial charge is 0.497 e. The van der Waals surface area contributed by atoms with Crippen molar-refractivity contribution in [2.45, 2.75) is 50.9 Å². The van der Waals surface area contributed by atoms with Crippen LogP contribution in [0.5, 0.6) is 0 Å². The van der Waals surface area contributed by atoms with Gasteiger partial charge in [-0.25, -0.2) is 0 Å². The fraction of sp³-hybridized carbons (Fsp3) is 1.00. The van der Waals surface area contributed by atoms with Crippen LogP contribution in [0.2, 0.25) is 6.55 Å². The van der Waals surface area contributed by atoms with Gasteiger partial charge < -0.3 is 18.0 Å². The van der Waals surface area contributed by atoms with Crippen molar-refractivity contribution in [2.75, 3.05) is 20.8 Å². The third-order valence-electron chi connectivity index (χ3n) is 3.98. The smallest absolute Gasteiger partial charge is 0.377 e. The van der Waals surface area contributed by atoms with E-state index in [1.54, 1.807) is 14.2 Å². The van der Waals surface area contributed by atoms with Crippen LogP contribution < -0.4 is 0 Å². The lowest BCUT2D eigenvalue weighted by Gasteiger charge is -2.23. The van der Waals surface area contributed by atoms with Crippen LogP contribution in [0.25, 0.3) is 0 Å². The monoisotopic (exact) mass is 260 g/mol. The lowest BCUT2D eigenvalue weighted by molar-refractivity contribution is 0.102. The van der Waals surface area contributed by atoms with E-state index in [9.17, 15) is 0 Å². The van der Waals surface area contributed by atoms with E-state index in [0.717, 1.165) is 18.9 Å². The first-order valence-electron chi connectivity index (χ1n) is 6.56.